The molecule has 0 spiro atoms. The second kappa shape index (κ2) is 10.0. The van der Waals surface area contributed by atoms with Gasteiger partial charge in [0.25, 0.3) is 5.91 Å². The monoisotopic (exact) mass is 434 g/mol. The maximum Gasteiger partial charge on any atom is 0.337 e. The van der Waals surface area contributed by atoms with Crippen molar-refractivity contribution in [3.63, 3.8) is 0 Å². The lowest BCUT2D eigenvalue weighted by atomic mass is 10.1. The summed E-state index contributed by atoms with van der Waals surface area (Å²) in [6.07, 6.45) is 2.70. The quantitative estimate of drug-likeness (QED) is 0.382. The van der Waals surface area contributed by atoms with Crippen molar-refractivity contribution >= 4 is 40.8 Å². The number of urea groups is 1. The molecule has 0 bridgehead atoms. The summed E-state index contributed by atoms with van der Waals surface area (Å²) >= 11 is 0. The van der Waals surface area contributed by atoms with E-state index in [1.807, 2.05) is 30.3 Å². The minimum absolute atomic E-state index is 0.00922. The molecule has 0 radical (unpaired) electrons. The van der Waals surface area contributed by atoms with Crippen LogP contribution in [-0.4, -0.2) is 39.5 Å². The number of hydrogen-bond donors (Lipinski definition) is 5. The van der Waals surface area contributed by atoms with Gasteiger partial charge in [-0.25, -0.2) is 14.6 Å². The summed E-state index contributed by atoms with van der Waals surface area (Å²) in [5, 5.41) is 20.3. The predicted molar refractivity (Wildman–Crippen MR) is 121 cm³/mol. The van der Waals surface area contributed by atoms with Crippen molar-refractivity contribution in [1.29, 1.82) is 0 Å². The summed E-state index contributed by atoms with van der Waals surface area (Å²) in [7, 11) is 0. The maximum absolute atomic E-state index is 13.0. The smallest absolute Gasteiger partial charge is 0.337 e. The fourth-order valence-electron chi connectivity index (χ4n) is 2.82. The highest BCUT2D eigenvalue weighted by molar-refractivity contribution is 6.09. The van der Waals surface area contributed by atoms with Crippen molar-refractivity contribution in [2.45, 2.75) is 13.8 Å². The summed E-state index contributed by atoms with van der Waals surface area (Å²) in [6, 6.07) is 11.6. The number of para-hydroxylation sites is 1. The summed E-state index contributed by atoms with van der Waals surface area (Å²) in [6.45, 7) is 3.81. The first-order valence-electron chi connectivity index (χ1n) is 9.75. The largest absolute Gasteiger partial charge is 0.478 e. The lowest BCUT2D eigenvalue weighted by Gasteiger charge is -2.14. The van der Waals surface area contributed by atoms with Crippen LogP contribution in [0, 0.1) is 6.92 Å². The van der Waals surface area contributed by atoms with Gasteiger partial charge in [0.2, 0.25) is 0 Å². The van der Waals surface area contributed by atoms with Gasteiger partial charge in [-0.15, -0.1) is 0 Å². The molecule has 5 N–H and O–H groups in total. The zero-order valence-corrected chi connectivity index (χ0v) is 17.5. The average molecular weight is 434 g/mol. The number of anilines is 4. The number of nitrogens with zero attached hydrogens (tertiary/aromatic N) is 2. The predicted octanol–water partition coefficient (Wildman–Crippen LogP) is 3.62. The second-order valence-corrected chi connectivity index (χ2v) is 6.71. The van der Waals surface area contributed by atoms with E-state index in [4.69, 9.17) is 0 Å². The number of aromatic nitrogens is 2. The van der Waals surface area contributed by atoms with Crippen LogP contribution in [0.2, 0.25) is 0 Å². The first kappa shape index (κ1) is 22.2. The lowest BCUT2D eigenvalue weighted by Crippen LogP contribution is -2.28. The van der Waals surface area contributed by atoms with E-state index in [0.29, 0.717) is 17.9 Å². The zero-order chi connectivity index (χ0) is 23.1. The Bertz CT molecular complexity index is 1150. The molecule has 3 aromatic rings. The second-order valence-electron chi connectivity index (χ2n) is 6.71. The number of rotatable bonds is 7. The fourth-order valence-corrected chi connectivity index (χ4v) is 2.82. The van der Waals surface area contributed by atoms with E-state index in [2.05, 4.69) is 31.2 Å². The van der Waals surface area contributed by atoms with Gasteiger partial charge in [0.05, 0.1) is 34.4 Å². The Morgan fingerprint density at radius 1 is 0.938 bits per heavy atom. The summed E-state index contributed by atoms with van der Waals surface area (Å²) in [5.41, 5.74) is 1.87. The summed E-state index contributed by atoms with van der Waals surface area (Å²) in [4.78, 5) is 44.3. The molecule has 2 heterocycles. The number of carboxylic acids is 1. The first-order valence-corrected chi connectivity index (χ1v) is 9.75. The average Bonchev–Trinajstić information content (AvgIpc) is 2.76. The number of carbonyl (C=O) groups is 3. The number of benzene rings is 1. The molecule has 0 aliphatic rings. The van der Waals surface area contributed by atoms with Crippen molar-refractivity contribution in [2.24, 2.45) is 0 Å². The minimum Gasteiger partial charge on any atom is -0.478 e. The molecule has 3 amide bonds. The molecular weight excluding hydrogens is 412 g/mol. The molecule has 0 fully saturated rings. The van der Waals surface area contributed by atoms with Gasteiger partial charge in [-0.2, -0.15) is 0 Å². The molecule has 0 aliphatic carbocycles. The molecule has 3 rings (SSSR count). The number of pyridine rings is 2. The lowest BCUT2D eigenvalue weighted by molar-refractivity contribution is 0.0695. The van der Waals surface area contributed by atoms with Crippen LogP contribution >= 0.6 is 0 Å². The number of carbonyl (C=O) groups excluding carboxylic acids is 2. The van der Waals surface area contributed by atoms with Crippen LogP contribution in [0.1, 0.15) is 33.3 Å². The number of carboxylic acid groups (broad SMARTS) is 1. The van der Waals surface area contributed by atoms with Gasteiger partial charge in [0.15, 0.2) is 0 Å². The van der Waals surface area contributed by atoms with Crippen LogP contribution < -0.4 is 21.3 Å². The summed E-state index contributed by atoms with van der Waals surface area (Å²) < 4.78 is 0. The molecule has 1 aromatic carbocycles. The van der Waals surface area contributed by atoms with E-state index in [1.165, 1.54) is 24.5 Å². The highest BCUT2D eigenvalue weighted by atomic mass is 16.4. The molecule has 0 aliphatic heterocycles. The molecular formula is C22H22N6O4. The molecule has 32 heavy (non-hydrogen) atoms. The van der Waals surface area contributed by atoms with Crippen molar-refractivity contribution in [3.8, 4) is 0 Å². The van der Waals surface area contributed by atoms with E-state index < -0.39 is 17.9 Å². The molecule has 2 aromatic heterocycles. The van der Waals surface area contributed by atoms with Crippen LogP contribution in [0.15, 0.2) is 54.9 Å². The van der Waals surface area contributed by atoms with Crippen molar-refractivity contribution in [2.75, 3.05) is 22.5 Å². The standard InChI is InChI=1S/C22H22N6O4/c1-3-23-22(32)28-19-10-18(26-14-7-5-4-6-8-14)17(12-25-19)20(29)27-15-9-16(21(30)31)13(2)24-11-15/h4-12H,3H2,1-2H3,(H,27,29)(H,30,31)(H3,23,25,26,28,32). The highest BCUT2D eigenvalue weighted by Crippen LogP contribution is 2.24. The Hall–Kier alpha value is -4.47. The SMILES string of the molecule is CCNC(=O)Nc1cc(Nc2ccccc2)c(C(=O)Nc2cnc(C)c(C(=O)O)c2)cn1. The number of amides is 3. The van der Waals surface area contributed by atoms with E-state index in [0.717, 1.165) is 5.69 Å². The van der Waals surface area contributed by atoms with E-state index in [9.17, 15) is 19.5 Å². The number of aryl methyl sites for hydroxylation is 1. The molecule has 0 saturated carbocycles. The van der Waals surface area contributed by atoms with Crippen molar-refractivity contribution in [1.82, 2.24) is 15.3 Å². The van der Waals surface area contributed by atoms with Gasteiger partial charge in [-0.05, 0) is 32.0 Å². The maximum atomic E-state index is 13.0. The Morgan fingerprint density at radius 3 is 2.38 bits per heavy atom. The van der Waals surface area contributed by atoms with E-state index >= 15 is 0 Å². The van der Waals surface area contributed by atoms with E-state index in [-0.39, 0.29) is 22.6 Å². The Labute approximate surface area is 184 Å². The third-order valence-electron chi connectivity index (χ3n) is 4.36. The normalized spacial score (nSPS) is 10.2. The highest BCUT2D eigenvalue weighted by Gasteiger charge is 2.17. The first-order chi connectivity index (χ1) is 15.4. The molecule has 10 nitrogen and oxygen atoms in total. The Morgan fingerprint density at radius 2 is 1.69 bits per heavy atom. The van der Waals surface area contributed by atoms with Gasteiger partial charge in [-0.1, -0.05) is 18.2 Å². The van der Waals surface area contributed by atoms with Crippen LogP contribution in [0.25, 0.3) is 0 Å². The number of hydrogen-bond acceptors (Lipinski definition) is 6. The van der Waals surface area contributed by atoms with Crippen LogP contribution in [0.4, 0.5) is 27.7 Å². The molecule has 0 unspecified atom stereocenters. The number of nitrogens with one attached hydrogen (secondary N) is 4. The van der Waals surface area contributed by atoms with Crippen molar-refractivity contribution < 1.29 is 19.5 Å². The molecule has 10 heteroatoms. The Kier molecular flexibility index (Phi) is 6.96. The van der Waals surface area contributed by atoms with Crippen LogP contribution in [0.3, 0.4) is 0 Å². The van der Waals surface area contributed by atoms with Gasteiger partial charge in [-0.3, -0.25) is 15.1 Å². The van der Waals surface area contributed by atoms with Gasteiger partial charge < -0.3 is 21.1 Å². The van der Waals surface area contributed by atoms with Crippen LogP contribution in [0.5, 0.6) is 0 Å². The number of aromatic carboxylic acids is 1. The van der Waals surface area contributed by atoms with Crippen molar-refractivity contribution in [3.05, 3.63) is 71.7 Å². The topological polar surface area (TPSA) is 145 Å². The van der Waals surface area contributed by atoms with Gasteiger partial charge in [0.1, 0.15) is 5.82 Å². The molecule has 0 atom stereocenters. The summed E-state index contributed by atoms with van der Waals surface area (Å²) in [5.74, 6) is -1.42. The van der Waals surface area contributed by atoms with Gasteiger partial charge >= 0.3 is 12.0 Å². The van der Waals surface area contributed by atoms with Crippen LogP contribution in [-0.2, 0) is 0 Å². The zero-order valence-electron chi connectivity index (χ0n) is 17.5. The Balaban J connectivity index is 1.91. The minimum atomic E-state index is -1.14. The van der Waals surface area contributed by atoms with Gasteiger partial charge in [0, 0.05) is 24.5 Å². The fraction of sp³-hybridized carbons (Fsp3) is 0.136. The molecule has 164 valence electrons. The third kappa shape index (κ3) is 5.57. The molecule has 0 saturated heterocycles. The van der Waals surface area contributed by atoms with E-state index in [1.54, 1.807) is 13.8 Å². The third-order valence-corrected chi connectivity index (χ3v) is 4.36.